The van der Waals surface area contributed by atoms with E-state index in [0.717, 1.165) is 36.4 Å². The van der Waals surface area contributed by atoms with Gasteiger partial charge in [-0.05, 0) is 51.4 Å². The topological polar surface area (TPSA) is 49.5 Å². The van der Waals surface area contributed by atoms with Crippen LogP contribution < -0.4 is 0 Å². The molecule has 0 saturated carbocycles. The lowest BCUT2D eigenvalue weighted by molar-refractivity contribution is 0.242. The molecule has 0 aliphatic carbocycles. The second-order valence-corrected chi connectivity index (χ2v) is 6.08. The highest BCUT2D eigenvalue weighted by Gasteiger charge is 2.31. The zero-order chi connectivity index (χ0) is 15.0. The first-order valence-electron chi connectivity index (χ1n) is 7.20. The Labute approximate surface area is 129 Å². The van der Waals surface area contributed by atoms with Gasteiger partial charge in [0.15, 0.2) is 0 Å². The molecule has 1 aromatic carbocycles. The van der Waals surface area contributed by atoms with Crippen molar-refractivity contribution in [1.82, 2.24) is 10.1 Å². The molecule has 1 aliphatic rings. The molecule has 1 fully saturated rings. The van der Waals surface area contributed by atoms with E-state index in [1.165, 1.54) is 5.56 Å². The Kier molecular flexibility index (Phi) is 3.91. The zero-order valence-electron chi connectivity index (χ0n) is 12.3. The van der Waals surface area contributed by atoms with Gasteiger partial charge in [0, 0.05) is 28.7 Å². The van der Waals surface area contributed by atoms with Crippen LogP contribution in [0.15, 0.2) is 22.7 Å². The maximum absolute atomic E-state index is 10.0. The lowest BCUT2D eigenvalue weighted by Gasteiger charge is -2.25. The summed E-state index contributed by atoms with van der Waals surface area (Å²) in [4.78, 5) is 2.36. The Bertz CT molecular complexity index is 634. The van der Waals surface area contributed by atoms with Crippen LogP contribution in [0.1, 0.15) is 41.5 Å². The van der Waals surface area contributed by atoms with Crippen LogP contribution in [0.5, 0.6) is 5.75 Å². The van der Waals surface area contributed by atoms with E-state index in [4.69, 9.17) is 16.1 Å². The van der Waals surface area contributed by atoms with E-state index in [1.807, 2.05) is 19.9 Å². The summed E-state index contributed by atoms with van der Waals surface area (Å²) >= 11 is 6.03. The van der Waals surface area contributed by atoms with Gasteiger partial charge >= 0.3 is 0 Å². The summed E-state index contributed by atoms with van der Waals surface area (Å²) in [6.45, 7) is 5.63. The third-order valence-electron chi connectivity index (χ3n) is 4.20. The minimum atomic E-state index is 0.295. The minimum Gasteiger partial charge on any atom is -0.508 e. The van der Waals surface area contributed by atoms with Crippen LogP contribution in [0.2, 0.25) is 5.02 Å². The quantitative estimate of drug-likeness (QED) is 0.931. The summed E-state index contributed by atoms with van der Waals surface area (Å²) in [5.74, 6) is 1.18. The van der Waals surface area contributed by atoms with Gasteiger partial charge in [0.25, 0.3) is 0 Å². The van der Waals surface area contributed by atoms with Crippen LogP contribution in [0.25, 0.3) is 0 Å². The molecule has 3 rings (SSSR count). The van der Waals surface area contributed by atoms with Crippen LogP contribution >= 0.6 is 11.6 Å². The number of nitrogens with zero attached hydrogens (tertiary/aromatic N) is 2. The Morgan fingerprint density at radius 2 is 2.24 bits per heavy atom. The molecule has 2 heterocycles. The standard InChI is InChI=1S/C16H19ClN2O2/c1-10-16(11(2)21-18-10)14-4-3-7-19(14)9-12-8-13(17)5-6-15(12)20/h5-6,8,14,20H,3-4,7,9H2,1-2H3/t14-/m1/s1. The average molecular weight is 307 g/mol. The van der Waals surface area contributed by atoms with Gasteiger partial charge in [0.1, 0.15) is 11.5 Å². The van der Waals surface area contributed by atoms with Gasteiger partial charge in [-0.25, -0.2) is 0 Å². The number of likely N-dealkylation sites (tertiary alicyclic amines) is 1. The second kappa shape index (κ2) is 5.70. The molecule has 1 N–H and O–H groups in total. The van der Waals surface area contributed by atoms with E-state index in [-0.39, 0.29) is 0 Å². The summed E-state index contributed by atoms with van der Waals surface area (Å²) in [5.41, 5.74) is 3.01. The summed E-state index contributed by atoms with van der Waals surface area (Å²) in [5, 5.41) is 14.7. The number of phenols is 1. The molecule has 2 aromatic rings. The monoisotopic (exact) mass is 306 g/mol. The Balaban J connectivity index is 1.86. The normalized spacial score (nSPS) is 19.3. The van der Waals surface area contributed by atoms with Gasteiger partial charge in [0.2, 0.25) is 0 Å². The summed E-state index contributed by atoms with van der Waals surface area (Å²) in [7, 11) is 0. The number of benzene rings is 1. The van der Waals surface area contributed by atoms with Crippen molar-refractivity contribution >= 4 is 11.6 Å². The predicted molar refractivity (Wildman–Crippen MR) is 81.5 cm³/mol. The largest absolute Gasteiger partial charge is 0.508 e. The van der Waals surface area contributed by atoms with Crippen LogP contribution in [-0.2, 0) is 6.54 Å². The third kappa shape index (κ3) is 2.78. The van der Waals surface area contributed by atoms with E-state index < -0.39 is 0 Å². The summed E-state index contributed by atoms with van der Waals surface area (Å²) in [6.07, 6.45) is 2.22. The molecule has 1 atom stereocenters. The molecule has 0 bridgehead atoms. The third-order valence-corrected chi connectivity index (χ3v) is 4.44. The minimum absolute atomic E-state index is 0.295. The van der Waals surface area contributed by atoms with E-state index in [0.29, 0.717) is 23.4 Å². The number of aryl methyl sites for hydroxylation is 2. The highest BCUT2D eigenvalue weighted by atomic mass is 35.5. The fraction of sp³-hybridized carbons (Fsp3) is 0.438. The van der Waals surface area contributed by atoms with E-state index in [1.54, 1.807) is 12.1 Å². The Morgan fingerprint density at radius 1 is 1.43 bits per heavy atom. The van der Waals surface area contributed by atoms with E-state index in [9.17, 15) is 5.11 Å². The van der Waals surface area contributed by atoms with E-state index >= 15 is 0 Å². The number of halogens is 1. The lowest BCUT2D eigenvalue weighted by Crippen LogP contribution is -2.23. The Hall–Kier alpha value is -1.52. The smallest absolute Gasteiger partial charge is 0.138 e. The number of hydrogen-bond acceptors (Lipinski definition) is 4. The zero-order valence-corrected chi connectivity index (χ0v) is 13.0. The van der Waals surface area contributed by atoms with Crippen molar-refractivity contribution in [2.45, 2.75) is 39.3 Å². The van der Waals surface area contributed by atoms with Gasteiger partial charge in [0.05, 0.1) is 5.69 Å². The molecule has 0 unspecified atom stereocenters. The highest BCUT2D eigenvalue weighted by molar-refractivity contribution is 6.30. The number of aromatic nitrogens is 1. The van der Waals surface area contributed by atoms with Gasteiger partial charge in [-0.3, -0.25) is 4.90 Å². The molecule has 112 valence electrons. The van der Waals surface area contributed by atoms with Gasteiger partial charge in [-0.2, -0.15) is 0 Å². The molecule has 4 nitrogen and oxygen atoms in total. The highest BCUT2D eigenvalue weighted by Crippen LogP contribution is 2.37. The molecule has 5 heteroatoms. The molecule has 0 spiro atoms. The molecular weight excluding hydrogens is 288 g/mol. The maximum atomic E-state index is 10.0. The number of hydrogen-bond donors (Lipinski definition) is 1. The average Bonchev–Trinajstić information content (AvgIpc) is 3.01. The van der Waals surface area contributed by atoms with Crippen LogP contribution in [0.4, 0.5) is 0 Å². The van der Waals surface area contributed by atoms with Crippen LogP contribution in [-0.4, -0.2) is 21.7 Å². The number of aromatic hydroxyl groups is 1. The van der Waals surface area contributed by atoms with Crippen molar-refractivity contribution in [3.05, 3.63) is 45.8 Å². The predicted octanol–water partition coefficient (Wildman–Crippen LogP) is 3.99. The number of rotatable bonds is 3. The van der Waals surface area contributed by atoms with Crippen molar-refractivity contribution < 1.29 is 9.63 Å². The summed E-state index contributed by atoms with van der Waals surface area (Å²) < 4.78 is 5.30. The second-order valence-electron chi connectivity index (χ2n) is 5.64. The fourth-order valence-corrected chi connectivity index (χ4v) is 3.40. The van der Waals surface area contributed by atoms with E-state index in [2.05, 4.69) is 10.1 Å². The fourth-order valence-electron chi connectivity index (χ4n) is 3.21. The first kappa shape index (κ1) is 14.4. The SMILES string of the molecule is Cc1noc(C)c1[C@H]1CCCN1Cc1cc(Cl)ccc1O. The van der Waals surface area contributed by atoms with Crippen LogP contribution in [0.3, 0.4) is 0 Å². The van der Waals surface area contributed by atoms with Crippen molar-refractivity contribution in [3.63, 3.8) is 0 Å². The molecule has 21 heavy (non-hydrogen) atoms. The first-order chi connectivity index (χ1) is 10.1. The molecule has 0 amide bonds. The lowest BCUT2D eigenvalue weighted by atomic mass is 10.0. The van der Waals surface area contributed by atoms with Crippen molar-refractivity contribution in [2.75, 3.05) is 6.54 Å². The van der Waals surface area contributed by atoms with Gasteiger partial charge < -0.3 is 9.63 Å². The molecule has 1 aliphatic heterocycles. The first-order valence-corrected chi connectivity index (χ1v) is 7.58. The van der Waals surface area contributed by atoms with Gasteiger partial charge in [-0.15, -0.1) is 0 Å². The maximum Gasteiger partial charge on any atom is 0.138 e. The van der Waals surface area contributed by atoms with Gasteiger partial charge in [-0.1, -0.05) is 16.8 Å². The Morgan fingerprint density at radius 3 is 2.95 bits per heavy atom. The van der Waals surface area contributed by atoms with Crippen LogP contribution in [0, 0.1) is 13.8 Å². The molecule has 0 radical (unpaired) electrons. The van der Waals surface area contributed by atoms with Crippen molar-refractivity contribution in [1.29, 1.82) is 0 Å². The number of phenolic OH excluding ortho intramolecular Hbond substituents is 1. The van der Waals surface area contributed by atoms with Crippen molar-refractivity contribution in [3.8, 4) is 5.75 Å². The molecular formula is C16H19ClN2O2. The molecule has 1 saturated heterocycles. The summed E-state index contributed by atoms with van der Waals surface area (Å²) in [6, 6.07) is 5.49. The molecule has 1 aromatic heterocycles. The van der Waals surface area contributed by atoms with Crippen molar-refractivity contribution in [2.24, 2.45) is 0 Å².